The van der Waals surface area contributed by atoms with E-state index in [-0.39, 0.29) is 29.1 Å². The van der Waals surface area contributed by atoms with Crippen LogP contribution < -0.4 is 0 Å². The van der Waals surface area contributed by atoms with Crippen LogP contribution in [0.2, 0.25) is 0 Å². The number of hydrogen-bond donors (Lipinski definition) is 1. The molecule has 0 radical (unpaired) electrons. The maximum atomic E-state index is 13.0. The van der Waals surface area contributed by atoms with Gasteiger partial charge in [-0.1, -0.05) is 66.0 Å². The van der Waals surface area contributed by atoms with E-state index in [1.807, 2.05) is 6.08 Å². The number of carboxylic acid groups (broad SMARTS) is 1. The minimum Gasteiger partial charge on any atom is -0.481 e. The van der Waals surface area contributed by atoms with E-state index in [4.69, 9.17) is 0 Å². The summed E-state index contributed by atoms with van der Waals surface area (Å²) in [5.41, 5.74) is -0.144. The Morgan fingerprint density at radius 1 is 1.10 bits per heavy atom. The Morgan fingerprint density at radius 3 is 2.47 bits per heavy atom. The lowest BCUT2D eigenvalue weighted by Crippen LogP contribution is -2.50. The SMILES string of the molecule is CC(C)CCC[C@@H](C)[C@H]1CC[C@H]2[C@H](CC(=O)O)[C@@H]([C@@]3(C)CC=CCC3=O)CC[C@]12C. The van der Waals surface area contributed by atoms with Gasteiger partial charge >= 0.3 is 5.97 Å². The standard InChI is InChI=1S/C27H44O3/c1-18(2)9-8-10-19(3)21-12-13-22-20(17-25(29)30)23(14-16-26(21,22)4)27(5)15-7-6-11-24(27)28/h6-7,18-23H,8-17H2,1-5H3,(H,29,30)/t19-,20+,21-,22+,23+,26-,27-/m1/s1. The van der Waals surface area contributed by atoms with Crippen molar-refractivity contribution in [2.75, 3.05) is 0 Å². The zero-order chi connectivity index (χ0) is 22.1. The Hall–Kier alpha value is -1.12. The molecule has 3 nitrogen and oxygen atoms in total. The number of rotatable bonds is 8. The quantitative estimate of drug-likeness (QED) is 0.437. The molecular formula is C27H44O3. The van der Waals surface area contributed by atoms with Crippen LogP contribution in [0.1, 0.15) is 98.8 Å². The normalized spacial score (nSPS) is 39.9. The number of Topliss-reactive ketones (excluding diaryl/α,β-unsaturated/α-hetero) is 1. The molecule has 0 aromatic rings. The smallest absolute Gasteiger partial charge is 0.303 e. The van der Waals surface area contributed by atoms with Gasteiger partial charge in [-0.15, -0.1) is 0 Å². The molecule has 3 aliphatic rings. The number of aliphatic carboxylic acids is 1. The molecule has 0 saturated heterocycles. The maximum Gasteiger partial charge on any atom is 0.303 e. The lowest BCUT2D eigenvalue weighted by molar-refractivity contribution is -0.147. The lowest BCUT2D eigenvalue weighted by atomic mass is 9.50. The van der Waals surface area contributed by atoms with Gasteiger partial charge in [-0.3, -0.25) is 9.59 Å². The van der Waals surface area contributed by atoms with Gasteiger partial charge in [0.15, 0.2) is 0 Å². The van der Waals surface area contributed by atoms with Crippen LogP contribution in [0.5, 0.6) is 0 Å². The van der Waals surface area contributed by atoms with Gasteiger partial charge in [0.2, 0.25) is 0 Å². The molecule has 3 heteroatoms. The largest absolute Gasteiger partial charge is 0.481 e. The van der Waals surface area contributed by atoms with Gasteiger partial charge in [0.1, 0.15) is 5.78 Å². The molecule has 0 aromatic heterocycles. The summed E-state index contributed by atoms with van der Waals surface area (Å²) >= 11 is 0. The second kappa shape index (κ2) is 9.17. The number of carbonyl (C=O) groups is 2. The molecule has 0 bridgehead atoms. The number of carbonyl (C=O) groups excluding carboxylic acids is 1. The number of fused-ring (bicyclic) bond motifs is 1. The van der Waals surface area contributed by atoms with Crippen molar-refractivity contribution in [3.63, 3.8) is 0 Å². The molecule has 0 aliphatic heterocycles. The van der Waals surface area contributed by atoms with Crippen LogP contribution in [-0.2, 0) is 9.59 Å². The fourth-order valence-electron chi connectivity index (χ4n) is 7.81. The lowest BCUT2D eigenvalue weighted by Gasteiger charge is -2.54. The van der Waals surface area contributed by atoms with Crippen LogP contribution in [0, 0.1) is 46.3 Å². The minimum absolute atomic E-state index is 0.134. The second-order valence-corrected chi connectivity index (χ2v) is 11.7. The first-order chi connectivity index (χ1) is 14.1. The molecular weight excluding hydrogens is 372 g/mol. The molecule has 0 spiro atoms. The summed E-state index contributed by atoms with van der Waals surface area (Å²) < 4.78 is 0. The van der Waals surface area contributed by atoms with E-state index in [9.17, 15) is 14.7 Å². The Labute approximate surface area is 184 Å². The number of carboxylic acids is 1. The van der Waals surface area contributed by atoms with Crippen molar-refractivity contribution in [1.82, 2.24) is 0 Å². The van der Waals surface area contributed by atoms with Gasteiger partial charge in [-0.05, 0) is 73.0 Å². The van der Waals surface area contributed by atoms with E-state index >= 15 is 0 Å². The van der Waals surface area contributed by atoms with Crippen molar-refractivity contribution in [2.45, 2.75) is 98.8 Å². The molecule has 2 fully saturated rings. The fraction of sp³-hybridized carbons (Fsp3) is 0.852. The second-order valence-electron chi connectivity index (χ2n) is 11.7. The van der Waals surface area contributed by atoms with E-state index in [0.29, 0.717) is 30.0 Å². The van der Waals surface area contributed by atoms with Crippen molar-refractivity contribution < 1.29 is 14.7 Å². The van der Waals surface area contributed by atoms with Crippen LogP contribution >= 0.6 is 0 Å². The van der Waals surface area contributed by atoms with Gasteiger partial charge in [0.05, 0.1) is 0 Å². The van der Waals surface area contributed by atoms with Crippen molar-refractivity contribution in [1.29, 1.82) is 0 Å². The first-order valence-electron chi connectivity index (χ1n) is 12.5. The van der Waals surface area contributed by atoms with Gasteiger partial charge in [0.25, 0.3) is 0 Å². The van der Waals surface area contributed by atoms with Gasteiger partial charge in [0, 0.05) is 18.3 Å². The highest BCUT2D eigenvalue weighted by Gasteiger charge is 2.58. The summed E-state index contributed by atoms with van der Waals surface area (Å²) in [6, 6.07) is 0. The maximum absolute atomic E-state index is 13.0. The Morgan fingerprint density at radius 2 is 1.83 bits per heavy atom. The van der Waals surface area contributed by atoms with Crippen LogP contribution in [0.4, 0.5) is 0 Å². The highest BCUT2D eigenvalue weighted by atomic mass is 16.4. The van der Waals surface area contributed by atoms with E-state index in [2.05, 4.69) is 40.7 Å². The summed E-state index contributed by atoms with van der Waals surface area (Å²) in [7, 11) is 0. The predicted molar refractivity (Wildman–Crippen MR) is 122 cm³/mol. The molecule has 30 heavy (non-hydrogen) atoms. The van der Waals surface area contributed by atoms with Crippen LogP contribution in [0.25, 0.3) is 0 Å². The average molecular weight is 417 g/mol. The zero-order valence-corrected chi connectivity index (χ0v) is 20.0. The average Bonchev–Trinajstić information content (AvgIpc) is 3.01. The molecule has 0 aromatic carbocycles. The van der Waals surface area contributed by atoms with Crippen molar-refractivity contribution >= 4 is 11.8 Å². The monoisotopic (exact) mass is 416 g/mol. The van der Waals surface area contributed by atoms with E-state index in [1.54, 1.807) is 0 Å². The Kier molecular flexibility index (Phi) is 7.19. The summed E-state index contributed by atoms with van der Waals surface area (Å²) in [4.78, 5) is 24.9. The van der Waals surface area contributed by atoms with E-state index in [0.717, 1.165) is 31.6 Å². The third-order valence-electron chi connectivity index (χ3n) is 9.52. The highest BCUT2D eigenvalue weighted by molar-refractivity contribution is 5.87. The highest BCUT2D eigenvalue weighted by Crippen LogP contribution is 2.64. The van der Waals surface area contributed by atoms with Gasteiger partial charge in [-0.25, -0.2) is 0 Å². The molecule has 170 valence electrons. The third kappa shape index (κ3) is 4.41. The Balaban J connectivity index is 1.81. The van der Waals surface area contributed by atoms with Crippen molar-refractivity contribution in [3.05, 3.63) is 12.2 Å². The topological polar surface area (TPSA) is 54.4 Å². The summed E-state index contributed by atoms with van der Waals surface area (Å²) in [6.07, 6.45) is 14.1. The third-order valence-corrected chi connectivity index (χ3v) is 9.52. The minimum atomic E-state index is -0.690. The molecule has 3 aliphatic carbocycles. The summed E-state index contributed by atoms with van der Waals surface area (Å²) in [5, 5.41) is 9.78. The van der Waals surface area contributed by atoms with Crippen LogP contribution in [-0.4, -0.2) is 16.9 Å². The molecule has 0 unspecified atom stereocenters. The fourth-order valence-corrected chi connectivity index (χ4v) is 7.81. The molecule has 3 rings (SSSR count). The molecule has 1 N–H and O–H groups in total. The van der Waals surface area contributed by atoms with Crippen LogP contribution in [0.3, 0.4) is 0 Å². The molecule has 7 atom stereocenters. The molecule has 0 heterocycles. The molecule has 0 amide bonds. The summed E-state index contributed by atoms with van der Waals surface area (Å²) in [6.45, 7) is 11.6. The zero-order valence-electron chi connectivity index (χ0n) is 20.0. The summed E-state index contributed by atoms with van der Waals surface area (Å²) in [5.74, 6) is 2.59. The number of ketones is 1. The number of hydrogen-bond acceptors (Lipinski definition) is 2. The Bertz CT molecular complexity index is 665. The van der Waals surface area contributed by atoms with Crippen molar-refractivity contribution in [3.8, 4) is 0 Å². The molecule has 2 saturated carbocycles. The first kappa shape index (κ1) is 23.5. The van der Waals surface area contributed by atoms with Gasteiger partial charge in [-0.2, -0.15) is 0 Å². The predicted octanol–water partition coefficient (Wildman–Crippen LogP) is 6.91. The van der Waals surface area contributed by atoms with E-state index < -0.39 is 5.97 Å². The number of allylic oxidation sites excluding steroid dienone is 2. The van der Waals surface area contributed by atoms with E-state index in [1.165, 1.54) is 25.7 Å². The van der Waals surface area contributed by atoms with Crippen molar-refractivity contribution in [2.24, 2.45) is 46.3 Å². The van der Waals surface area contributed by atoms with Gasteiger partial charge < -0.3 is 5.11 Å². The van der Waals surface area contributed by atoms with Crippen LogP contribution in [0.15, 0.2) is 12.2 Å². The first-order valence-corrected chi connectivity index (χ1v) is 12.5.